The van der Waals surface area contributed by atoms with Gasteiger partial charge in [-0.05, 0) is 25.8 Å². The number of aliphatic hydroxyl groups excluding tert-OH is 2. The molecule has 0 aliphatic heterocycles. The molecular formula is C14H21NO6. The number of hydrogen-bond acceptors (Lipinski definition) is 5. The third-order valence-electron chi connectivity index (χ3n) is 2.31. The van der Waals surface area contributed by atoms with Crippen molar-refractivity contribution in [2.75, 3.05) is 0 Å². The first-order valence-electron chi connectivity index (χ1n) is 6.19. The van der Waals surface area contributed by atoms with Crippen LogP contribution in [0.15, 0.2) is 30.3 Å². The van der Waals surface area contributed by atoms with Crippen molar-refractivity contribution in [3.8, 4) is 0 Å². The van der Waals surface area contributed by atoms with E-state index < -0.39 is 24.1 Å². The Hall–Kier alpha value is -1.96. The summed E-state index contributed by atoms with van der Waals surface area (Å²) in [6.45, 7) is 4.08. The fraction of sp³-hybridized carbons (Fsp3) is 0.429. The van der Waals surface area contributed by atoms with Crippen LogP contribution in [0.5, 0.6) is 0 Å². The van der Waals surface area contributed by atoms with Gasteiger partial charge in [0.2, 0.25) is 0 Å². The molecule has 0 aliphatic rings. The molecule has 0 radical (unpaired) electrons. The van der Waals surface area contributed by atoms with Crippen LogP contribution in [0.25, 0.3) is 0 Å². The Bertz CT molecular complexity index is 436. The zero-order valence-electron chi connectivity index (χ0n) is 11.9. The minimum atomic E-state index is -2.27. The summed E-state index contributed by atoms with van der Waals surface area (Å²) in [6, 6.07) is 10.3. The van der Waals surface area contributed by atoms with Gasteiger partial charge >= 0.3 is 11.9 Å². The predicted molar refractivity (Wildman–Crippen MR) is 75.7 cm³/mol. The molecule has 2 atom stereocenters. The van der Waals surface area contributed by atoms with Gasteiger partial charge in [0.15, 0.2) is 12.2 Å². The average Bonchev–Trinajstić information content (AvgIpc) is 2.36. The zero-order chi connectivity index (χ0) is 16.6. The lowest BCUT2D eigenvalue weighted by Gasteiger charge is -2.17. The second-order valence-electron chi connectivity index (χ2n) is 5.22. The quantitative estimate of drug-likeness (QED) is 0.509. The highest BCUT2D eigenvalue weighted by atomic mass is 16.4. The summed E-state index contributed by atoms with van der Waals surface area (Å²) in [4.78, 5) is 19.5. The number of benzene rings is 1. The lowest BCUT2D eigenvalue weighted by atomic mass is 9.96. The molecule has 0 saturated carbocycles. The fourth-order valence-corrected chi connectivity index (χ4v) is 1.39. The van der Waals surface area contributed by atoms with Crippen molar-refractivity contribution in [3.05, 3.63) is 35.9 Å². The molecule has 7 heteroatoms. The highest BCUT2D eigenvalue weighted by Gasteiger charge is 2.29. The van der Waals surface area contributed by atoms with Crippen molar-refractivity contribution in [3.63, 3.8) is 0 Å². The van der Waals surface area contributed by atoms with Gasteiger partial charge in [0.1, 0.15) is 0 Å². The smallest absolute Gasteiger partial charge is 0.335 e. The van der Waals surface area contributed by atoms with Crippen LogP contribution in [0.2, 0.25) is 0 Å². The van der Waals surface area contributed by atoms with Gasteiger partial charge in [0, 0.05) is 5.54 Å². The largest absolute Gasteiger partial charge is 0.479 e. The molecule has 0 fully saturated rings. The first-order chi connectivity index (χ1) is 9.54. The molecule has 1 aromatic rings. The SMILES string of the molecule is CC(C)(N)Cc1ccccc1.O=C(O)C(O)C(O)C(=O)O. The average molecular weight is 299 g/mol. The maximum atomic E-state index is 9.77. The highest BCUT2D eigenvalue weighted by Crippen LogP contribution is 2.08. The molecule has 0 amide bonds. The number of nitrogens with two attached hydrogens (primary N) is 1. The molecule has 0 spiro atoms. The van der Waals surface area contributed by atoms with E-state index in [-0.39, 0.29) is 5.54 Å². The van der Waals surface area contributed by atoms with Crippen molar-refractivity contribution in [2.24, 2.45) is 5.73 Å². The van der Waals surface area contributed by atoms with E-state index in [4.69, 9.17) is 26.2 Å². The van der Waals surface area contributed by atoms with Crippen LogP contribution in [0.1, 0.15) is 19.4 Å². The summed E-state index contributed by atoms with van der Waals surface area (Å²) in [5, 5.41) is 32.5. The van der Waals surface area contributed by atoms with Crippen molar-refractivity contribution in [1.82, 2.24) is 0 Å². The van der Waals surface area contributed by atoms with Gasteiger partial charge in [-0.25, -0.2) is 9.59 Å². The Morgan fingerprint density at radius 1 is 1.05 bits per heavy atom. The van der Waals surface area contributed by atoms with E-state index in [2.05, 4.69) is 12.1 Å². The van der Waals surface area contributed by atoms with Gasteiger partial charge in [-0.1, -0.05) is 30.3 Å². The minimum Gasteiger partial charge on any atom is -0.479 e. The molecule has 6 N–H and O–H groups in total. The van der Waals surface area contributed by atoms with E-state index >= 15 is 0 Å². The molecule has 0 saturated heterocycles. The molecule has 1 aromatic carbocycles. The molecule has 1 rings (SSSR count). The lowest BCUT2D eigenvalue weighted by molar-refractivity contribution is -0.165. The van der Waals surface area contributed by atoms with Crippen molar-refractivity contribution in [2.45, 2.75) is 38.0 Å². The number of carboxylic acid groups (broad SMARTS) is 2. The highest BCUT2D eigenvalue weighted by molar-refractivity contribution is 5.83. The molecule has 0 aliphatic carbocycles. The van der Waals surface area contributed by atoms with Crippen LogP contribution in [0.4, 0.5) is 0 Å². The molecule has 2 unspecified atom stereocenters. The van der Waals surface area contributed by atoms with Gasteiger partial charge in [-0.15, -0.1) is 0 Å². The molecule has 21 heavy (non-hydrogen) atoms. The first-order valence-corrected chi connectivity index (χ1v) is 6.19. The summed E-state index contributed by atoms with van der Waals surface area (Å²) < 4.78 is 0. The third kappa shape index (κ3) is 8.74. The molecule has 118 valence electrons. The van der Waals surface area contributed by atoms with Gasteiger partial charge in [-0.2, -0.15) is 0 Å². The van der Waals surface area contributed by atoms with E-state index in [1.54, 1.807) is 0 Å². The van der Waals surface area contributed by atoms with Crippen LogP contribution >= 0.6 is 0 Å². The Morgan fingerprint density at radius 2 is 1.43 bits per heavy atom. The first kappa shape index (κ1) is 19.0. The Kier molecular flexibility index (Phi) is 7.57. The Morgan fingerprint density at radius 3 is 1.71 bits per heavy atom. The van der Waals surface area contributed by atoms with Crippen LogP contribution in [-0.4, -0.2) is 50.1 Å². The summed E-state index contributed by atoms with van der Waals surface area (Å²) >= 11 is 0. The standard InChI is InChI=1S/C10H15N.C4H6O6/c1-10(2,11)8-9-6-4-3-5-7-9;5-1(3(7)8)2(6)4(9)10/h3-7H,8,11H2,1-2H3;1-2,5-6H,(H,7,8)(H,9,10). The summed E-state index contributed by atoms with van der Waals surface area (Å²) in [5.41, 5.74) is 7.08. The molecule has 0 bridgehead atoms. The van der Waals surface area contributed by atoms with E-state index in [1.165, 1.54) is 5.56 Å². The van der Waals surface area contributed by atoms with Gasteiger partial charge in [0.25, 0.3) is 0 Å². The number of aliphatic hydroxyl groups is 2. The maximum absolute atomic E-state index is 9.77. The minimum absolute atomic E-state index is 0.0959. The number of carboxylic acids is 2. The maximum Gasteiger partial charge on any atom is 0.335 e. The van der Waals surface area contributed by atoms with Gasteiger partial charge in [0.05, 0.1) is 0 Å². The van der Waals surface area contributed by atoms with Crippen LogP contribution < -0.4 is 5.73 Å². The fourth-order valence-electron chi connectivity index (χ4n) is 1.39. The van der Waals surface area contributed by atoms with Gasteiger partial charge in [-0.3, -0.25) is 0 Å². The number of rotatable bonds is 5. The summed E-state index contributed by atoms with van der Waals surface area (Å²) in [5.74, 6) is -3.54. The van der Waals surface area contributed by atoms with E-state index in [1.807, 2.05) is 32.0 Å². The Balaban J connectivity index is 0.000000384. The van der Waals surface area contributed by atoms with Crippen LogP contribution in [0.3, 0.4) is 0 Å². The predicted octanol–water partition coefficient (Wildman–Crippen LogP) is -0.156. The topological polar surface area (TPSA) is 141 Å². The van der Waals surface area contributed by atoms with E-state index in [0.29, 0.717) is 0 Å². The Labute approximate surface area is 122 Å². The van der Waals surface area contributed by atoms with E-state index in [9.17, 15) is 9.59 Å². The molecule has 0 aromatic heterocycles. The van der Waals surface area contributed by atoms with Crippen LogP contribution in [0, 0.1) is 0 Å². The second kappa shape index (κ2) is 8.35. The molecule has 7 nitrogen and oxygen atoms in total. The third-order valence-corrected chi connectivity index (χ3v) is 2.31. The van der Waals surface area contributed by atoms with Crippen molar-refractivity contribution < 1.29 is 30.0 Å². The number of carbonyl (C=O) groups is 2. The number of hydrogen-bond donors (Lipinski definition) is 5. The monoisotopic (exact) mass is 299 g/mol. The van der Waals surface area contributed by atoms with Crippen molar-refractivity contribution >= 4 is 11.9 Å². The van der Waals surface area contributed by atoms with E-state index in [0.717, 1.165) is 6.42 Å². The summed E-state index contributed by atoms with van der Waals surface area (Å²) in [6.07, 6.45) is -3.59. The normalized spacial score (nSPS) is 13.6. The molecular weight excluding hydrogens is 278 g/mol. The van der Waals surface area contributed by atoms with Crippen LogP contribution in [-0.2, 0) is 16.0 Å². The van der Waals surface area contributed by atoms with Gasteiger partial charge < -0.3 is 26.2 Å². The lowest BCUT2D eigenvalue weighted by Crippen LogP contribution is -2.39. The number of aliphatic carboxylic acids is 2. The second-order valence-corrected chi connectivity index (χ2v) is 5.22. The van der Waals surface area contributed by atoms with Crippen molar-refractivity contribution in [1.29, 1.82) is 0 Å². The zero-order valence-corrected chi connectivity index (χ0v) is 11.9. The molecule has 0 heterocycles. The summed E-state index contributed by atoms with van der Waals surface area (Å²) in [7, 11) is 0.